The summed E-state index contributed by atoms with van der Waals surface area (Å²) in [6, 6.07) is 0.0934. The molecule has 1 rings (SSSR count). The number of hydrogen-bond donors (Lipinski definition) is 3. The van der Waals surface area contributed by atoms with Gasteiger partial charge >= 0.3 is 0 Å². The van der Waals surface area contributed by atoms with Gasteiger partial charge in [-0.15, -0.1) is 0 Å². The standard InChI is InChI=1S/C21H41N3O/c1-13(2)10-18(24-17(7)16(6)22)12-23-21(25)20-11-15(5)8-9-19(20)14(3)4/h13-16,18-20,24H,7-12,22H2,1-6H3,(H,23,25)/t15-,16?,18?,19+,20-/m1/s1. The van der Waals surface area contributed by atoms with Crippen molar-refractivity contribution >= 4 is 5.91 Å². The number of carbonyl (C=O) groups is 1. The van der Waals surface area contributed by atoms with Crippen LogP contribution < -0.4 is 16.4 Å². The van der Waals surface area contributed by atoms with Gasteiger partial charge < -0.3 is 16.4 Å². The van der Waals surface area contributed by atoms with Crippen molar-refractivity contribution in [2.75, 3.05) is 6.54 Å². The predicted molar refractivity (Wildman–Crippen MR) is 107 cm³/mol. The van der Waals surface area contributed by atoms with Crippen LogP contribution in [0.15, 0.2) is 12.3 Å². The molecular weight excluding hydrogens is 310 g/mol. The van der Waals surface area contributed by atoms with Crippen LogP contribution in [0, 0.1) is 29.6 Å². The van der Waals surface area contributed by atoms with Gasteiger partial charge in [0.05, 0.1) is 0 Å². The second-order valence-electron chi connectivity index (χ2n) is 8.96. The first-order valence-corrected chi connectivity index (χ1v) is 10.1. The third-order valence-corrected chi connectivity index (χ3v) is 5.58. The molecule has 2 unspecified atom stereocenters. The average molecular weight is 352 g/mol. The summed E-state index contributed by atoms with van der Waals surface area (Å²) in [6.45, 7) is 17.7. The molecule has 1 saturated carbocycles. The van der Waals surface area contributed by atoms with E-state index in [1.54, 1.807) is 0 Å². The molecule has 0 aromatic heterocycles. The van der Waals surface area contributed by atoms with E-state index < -0.39 is 0 Å². The van der Waals surface area contributed by atoms with Gasteiger partial charge in [0.2, 0.25) is 5.91 Å². The van der Waals surface area contributed by atoms with Gasteiger partial charge in [-0.3, -0.25) is 4.79 Å². The van der Waals surface area contributed by atoms with Crippen LogP contribution in [0.5, 0.6) is 0 Å². The SMILES string of the molecule is C=C(NC(CNC(=O)[C@@H]1C[C@H](C)CC[C@H]1C(C)C)CC(C)C)C(C)N. The Morgan fingerprint density at radius 1 is 1.20 bits per heavy atom. The Balaban J connectivity index is 2.66. The molecule has 4 heteroatoms. The number of carbonyl (C=O) groups excluding carboxylic acids is 1. The molecule has 0 aliphatic heterocycles. The highest BCUT2D eigenvalue weighted by Crippen LogP contribution is 2.38. The van der Waals surface area contributed by atoms with Crippen LogP contribution in [0.3, 0.4) is 0 Å². The number of nitrogens with two attached hydrogens (primary N) is 1. The minimum Gasteiger partial charge on any atom is -0.383 e. The van der Waals surface area contributed by atoms with Crippen LogP contribution in [0.2, 0.25) is 0 Å². The molecule has 0 saturated heterocycles. The molecule has 0 aromatic carbocycles. The van der Waals surface area contributed by atoms with Gasteiger partial charge in [-0.2, -0.15) is 0 Å². The molecule has 1 amide bonds. The highest BCUT2D eigenvalue weighted by molar-refractivity contribution is 5.79. The molecular formula is C21H41N3O. The molecule has 4 N–H and O–H groups in total. The van der Waals surface area contributed by atoms with E-state index in [1.807, 2.05) is 6.92 Å². The van der Waals surface area contributed by atoms with E-state index in [0.717, 1.165) is 18.5 Å². The minimum atomic E-state index is -0.0881. The lowest BCUT2D eigenvalue weighted by atomic mass is 9.70. The second-order valence-corrected chi connectivity index (χ2v) is 8.96. The summed E-state index contributed by atoms with van der Waals surface area (Å²) in [5.74, 6) is 2.64. The first kappa shape index (κ1) is 22.0. The summed E-state index contributed by atoms with van der Waals surface area (Å²) in [6.07, 6.45) is 4.43. The summed E-state index contributed by atoms with van der Waals surface area (Å²) in [5.41, 5.74) is 6.74. The van der Waals surface area contributed by atoms with E-state index in [4.69, 9.17) is 5.73 Å². The molecule has 146 valence electrons. The molecule has 0 heterocycles. The third kappa shape index (κ3) is 7.39. The fourth-order valence-electron chi connectivity index (χ4n) is 4.01. The molecule has 1 fully saturated rings. The van der Waals surface area contributed by atoms with Crippen molar-refractivity contribution in [2.45, 2.75) is 79.3 Å². The highest BCUT2D eigenvalue weighted by Gasteiger charge is 2.35. The largest absolute Gasteiger partial charge is 0.383 e. The van der Waals surface area contributed by atoms with Gasteiger partial charge in [0.25, 0.3) is 0 Å². The van der Waals surface area contributed by atoms with Crippen molar-refractivity contribution in [3.05, 3.63) is 12.3 Å². The van der Waals surface area contributed by atoms with Crippen LogP contribution in [-0.2, 0) is 4.79 Å². The Kier molecular flexibility index (Phi) is 8.98. The van der Waals surface area contributed by atoms with E-state index in [2.05, 4.69) is 51.8 Å². The third-order valence-electron chi connectivity index (χ3n) is 5.58. The number of amides is 1. The van der Waals surface area contributed by atoms with Crippen LogP contribution >= 0.6 is 0 Å². The Hall–Kier alpha value is -1.03. The molecule has 0 bridgehead atoms. The maximum Gasteiger partial charge on any atom is 0.223 e. The maximum absolute atomic E-state index is 12.9. The normalized spacial score (nSPS) is 26.4. The Labute approximate surface area is 155 Å². The van der Waals surface area contributed by atoms with Crippen molar-refractivity contribution in [1.82, 2.24) is 10.6 Å². The van der Waals surface area contributed by atoms with Crippen molar-refractivity contribution in [2.24, 2.45) is 35.3 Å². The topological polar surface area (TPSA) is 67.1 Å². The van der Waals surface area contributed by atoms with Crippen molar-refractivity contribution in [3.8, 4) is 0 Å². The summed E-state index contributed by atoms with van der Waals surface area (Å²) < 4.78 is 0. The number of rotatable bonds is 9. The molecule has 4 nitrogen and oxygen atoms in total. The molecule has 5 atom stereocenters. The lowest BCUT2D eigenvalue weighted by Crippen LogP contribution is -2.47. The number of nitrogens with one attached hydrogen (secondary N) is 2. The lowest BCUT2D eigenvalue weighted by Gasteiger charge is -2.36. The lowest BCUT2D eigenvalue weighted by molar-refractivity contribution is -0.129. The molecule has 1 aliphatic rings. The van der Waals surface area contributed by atoms with Crippen molar-refractivity contribution < 1.29 is 4.79 Å². The molecule has 0 spiro atoms. The zero-order chi connectivity index (χ0) is 19.1. The fraction of sp³-hybridized carbons (Fsp3) is 0.857. The smallest absolute Gasteiger partial charge is 0.223 e. The minimum absolute atomic E-state index is 0.0881. The summed E-state index contributed by atoms with van der Waals surface area (Å²) in [7, 11) is 0. The summed E-state index contributed by atoms with van der Waals surface area (Å²) in [4.78, 5) is 12.9. The van der Waals surface area contributed by atoms with Gasteiger partial charge in [0.15, 0.2) is 0 Å². The summed E-state index contributed by atoms with van der Waals surface area (Å²) in [5, 5.41) is 6.64. The van der Waals surface area contributed by atoms with Crippen LogP contribution in [0.1, 0.15) is 67.2 Å². The average Bonchev–Trinajstić information content (AvgIpc) is 2.51. The molecule has 0 radical (unpaired) electrons. The monoisotopic (exact) mass is 351 g/mol. The van der Waals surface area contributed by atoms with Crippen molar-refractivity contribution in [3.63, 3.8) is 0 Å². The van der Waals surface area contributed by atoms with Crippen molar-refractivity contribution in [1.29, 1.82) is 0 Å². The number of hydrogen-bond acceptors (Lipinski definition) is 3. The van der Waals surface area contributed by atoms with E-state index in [1.165, 1.54) is 12.8 Å². The van der Waals surface area contributed by atoms with E-state index in [-0.39, 0.29) is 23.9 Å². The van der Waals surface area contributed by atoms with E-state index in [9.17, 15) is 4.79 Å². The molecule has 25 heavy (non-hydrogen) atoms. The predicted octanol–water partition coefficient (Wildman–Crippen LogP) is 3.68. The van der Waals surface area contributed by atoms with Crippen LogP contribution in [0.25, 0.3) is 0 Å². The molecule has 0 aromatic rings. The van der Waals surface area contributed by atoms with E-state index >= 15 is 0 Å². The first-order chi connectivity index (χ1) is 11.6. The highest BCUT2D eigenvalue weighted by atomic mass is 16.1. The van der Waals surface area contributed by atoms with E-state index in [0.29, 0.717) is 30.2 Å². The quantitative estimate of drug-likeness (QED) is 0.594. The van der Waals surface area contributed by atoms with Gasteiger partial charge in [0.1, 0.15) is 0 Å². The zero-order valence-corrected chi connectivity index (χ0v) is 17.3. The van der Waals surface area contributed by atoms with Gasteiger partial charge in [0, 0.05) is 30.2 Å². The molecule has 1 aliphatic carbocycles. The summed E-state index contributed by atoms with van der Waals surface area (Å²) >= 11 is 0. The van der Waals surface area contributed by atoms with Gasteiger partial charge in [-0.25, -0.2) is 0 Å². The van der Waals surface area contributed by atoms with Crippen LogP contribution in [0.4, 0.5) is 0 Å². The van der Waals surface area contributed by atoms with Gasteiger partial charge in [-0.1, -0.05) is 47.6 Å². The fourth-order valence-corrected chi connectivity index (χ4v) is 4.01. The zero-order valence-electron chi connectivity index (χ0n) is 17.3. The van der Waals surface area contributed by atoms with Crippen LogP contribution in [-0.4, -0.2) is 24.5 Å². The first-order valence-electron chi connectivity index (χ1n) is 10.1. The Morgan fingerprint density at radius 3 is 2.36 bits per heavy atom. The Bertz CT molecular complexity index is 431. The maximum atomic E-state index is 12.9. The van der Waals surface area contributed by atoms with Gasteiger partial charge in [-0.05, 0) is 49.9 Å². The second kappa shape index (κ2) is 10.2. The Morgan fingerprint density at radius 2 is 1.84 bits per heavy atom.